The fraction of sp³-hybridized carbons (Fsp3) is 0.917. The Morgan fingerprint density at radius 3 is 2.29 bits per heavy atom. The molecule has 2 heteroatoms. The van der Waals surface area contributed by atoms with Crippen LogP contribution >= 0.6 is 0 Å². The van der Waals surface area contributed by atoms with E-state index in [-0.39, 0.29) is 0 Å². The molecule has 0 atom stereocenters. The number of likely N-dealkylation sites (N-methyl/N-ethyl adjacent to an activating group) is 1. The van der Waals surface area contributed by atoms with Crippen molar-refractivity contribution in [1.82, 2.24) is 4.90 Å². The molecule has 0 spiro atoms. The molecule has 0 aromatic rings. The molecule has 82 valence electrons. The van der Waals surface area contributed by atoms with Crippen LogP contribution in [0.1, 0.15) is 46.0 Å². The van der Waals surface area contributed by atoms with Crippen molar-refractivity contribution in [3.05, 3.63) is 0 Å². The molecule has 0 aromatic carbocycles. The second kappa shape index (κ2) is 6.99. The Hall–Kier alpha value is -0.370. The average Bonchev–Trinajstić information content (AvgIpc) is 2.26. The molecule has 1 fully saturated rings. The fourth-order valence-electron chi connectivity index (χ4n) is 2.01. The quantitative estimate of drug-likeness (QED) is 0.660. The van der Waals surface area contributed by atoms with Crippen LogP contribution in [0.25, 0.3) is 0 Å². The van der Waals surface area contributed by atoms with Crippen molar-refractivity contribution in [2.45, 2.75) is 46.0 Å². The van der Waals surface area contributed by atoms with E-state index < -0.39 is 0 Å². The van der Waals surface area contributed by atoms with Crippen molar-refractivity contribution in [3.63, 3.8) is 0 Å². The molecule has 0 amide bonds. The van der Waals surface area contributed by atoms with Crippen LogP contribution in [0.4, 0.5) is 0 Å². The van der Waals surface area contributed by atoms with Gasteiger partial charge in [0.2, 0.25) is 0 Å². The van der Waals surface area contributed by atoms with Gasteiger partial charge in [-0.3, -0.25) is 4.99 Å². The zero-order valence-electron chi connectivity index (χ0n) is 9.76. The molecule has 1 aliphatic rings. The Morgan fingerprint density at radius 1 is 1.07 bits per heavy atom. The predicted molar refractivity (Wildman–Crippen MR) is 63.2 cm³/mol. The first-order chi connectivity index (χ1) is 6.86. The van der Waals surface area contributed by atoms with Gasteiger partial charge in [-0.25, -0.2) is 0 Å². The van der Waals surface area contributed by atoms with Gasteiger partial charge in [-0.1, -0.05) is 20.3 Å². The monoisotopic (exact) mass is 196 g/mol. The van der Waals surface area contributed by atoms with Crippen molar-refractivity contribution in [2.75, 3.05) is 26.2 Å². The highest BCUT2D eigenvalue weighted by Gasteiger charge is 2.06. The van der Waals surface area contributed by atoms with Crippen molar-refractivity contribution in [2.24, 2.45) is 4.99 Å². The van der Waals surface area contributed by atoms with Gasteiger partial charge >= 0.3 is 0 Å². The summed E-state index contributed by atoms with van der Waals surface area (Å²) < 4.78 is 0. The normalized spacial score (nSPS) is 17.5. The Kier molecular flexibility index (Phi) is 5.85. The van der Waals surface area contributed by atoms with Gasteiger partial charge in [0.1, 0.15) is 0 Å². The van der Waals surface area contributed by atoms with Gasteiger partial charge in [-0.05, 0) is 38.8 Å². The lowest BCUT2D eigenvalue weighted by Gasteiger charge is -2.17. The van der Waals surface area contributed by atoms with Crippen LogP contribution in [0.3, 0.4) is 0 Å². The van der Waals surface area contributed by atoms with E-state index in [9.17, 15) is 0 Å². The summed E-state index contributed by atoms with van der Waals surface area (Å²) in [7, 11) is 0. The summed E-state index contributed by atoms with van der Waals surface area (Å²) in [5, 5.41) is 0. The lowest BCUT2D eigenvalue weighted by molar-refractivity contribution is 0.313. The van der Waals surface area contributed by atoms with Gasteiger partial charge in [-0.15, -0.1) is 0 Å². The van der Waals surface area contributed by atoms with E-state index in [4.69, 9.17) is 4.99 Å². The van der Waals surface area contributed by atoms with Gasteiger partial charge in [0.15, 0.2) is 0 Å². The summed E-state index contributed by atoms with van der Waals surface area (Å²) in [6.07, 6.45) is 6.67. The molecule has 1 saturated carbocycles. The SMILES string of the molecule is CCN(CC)CCN=C1CCCCC1. The number of rotatable bonds is 5. The van der Waals surface area contributed by atoms with Gasteiger partial charge in [0.05, 0.1) is 6.54 Å². The topological polar surface area (TPSA) is 15.6 Å². The third-order valence-electron chi connectivity index (χ3n) is 3.08. The molecule has 14 heavy (non-hydrogen) atoms. The van der Waals surface area contributed by atoms with Crippen molar-refractivity contribution in [1.29, 1.82) is 0 Å². The lowest BCUT2D eigenvalue weighted by Crippen LogP contribution is -2.26. The molecule has 0 unspecified atom stereocenters. The van der Waals surface area contributed by atoms with Crippen LogP contribution in [0.2, 0.25) is 0 Å². The Morgan fingerprint density at radius 2 is 1.71 bits per heavy atom. The predicted octanol–water partition coefficient (Wildman–Crippen LogP) is 2.73. The Labute approximate surface area is 88.4 Å². The highest BCUT2D eigenvalue weighted by atomic mass is 15.1. The van der Waals surface area contributed by atoms with Gasteiger partial charge in [-0.2, -0.15) is 0 Å². The van der Waals surface area contributed by atoms with Crippen LogP contribution < -0.4 is 0 Å². The van der Waals surface area contributed by atoms with E-state index in [1.54, 1.807) is 0 Å². The lowest BCUT2D eigenvalue weighted by atomic mass is 9.99. The minimum Gasteiger partial charge on any atom is -0.302 e. The number of hydrogen-bond donors (Lipinski definition) is 0. The zero-order chi connectivity index (χ0) is 10.2. The molecule has 1 aliphatic carbocycles. The summed E-state index contributed by atoms with van der Waals surface area (Å²) in [5.41, 5.74) is 1.48. The van der Waals surface area contributed by atoms with Gasteiger partial charge in [0, 0.05) is 12.3 Å². The highest BCUT2D eigenvalue weighted by Crippen LogP contribution is 2.14. The molecule has 1 rings (SSSR count). The van der Waals surface area contributed by atoms with Crippen LogP contribution in [0.5, 0.6) is 0 Å². The molecule has 0 aromatic heterocycles. The molecule has 0 bridgehead atoms. The van der Waals surface area contributed by atoms with E-state index in [0.717, 1.165) is 26.2 Å². The van der Waals surface area contributed by atoms with E-state index >= 15 is 0 Å². The molecule has 2 nitrogen and oxygen atoms in total. The molecule has 0 N–H and O–H groups in total. The van der Waals surface area contributed by atoms with E-state index in [1.807, 2.05) is 0 Å². The summed E-state index contributed by atoms with van der Waals surface area (Å²) in [5.74, 6) is 0. The maximum atomic E-state index is 4.69. The maximum Gasteiger partial charge on any atom is 0.0516 e. The van der Waals surface area contributed by atoms with E-state index in [1.165, 1.54) is 37.8 Å². The van der Waals surface area contributed by atoms with Crippen molar-refractivity contribution in [3.8, 4) is 0 Å². The first-order valence-corrected chi connectivity index (χ1v) is 6.11. The third-order valence-corrected chi connectivity index (χ3v) is 3.08. The Bertz CT molecular complexity index is 163. The summed E-state index contributed by atoms with van der Waals surface area (Å²) in [6, 6.07) is 0. The molecule has 0 radical (unpaired) electrons. The third kappa shape index (κ3) is 4.23. The second-order valence-electron chi connectivity index (χ2n) is 4.04. The maximum absolute atomic E-state index is 4.69. The van der Waals surface area contributed by atoms with Crippen LogP contribution in [0, 0.1) is 0 Å². The minimum absolute atomic E-state index is 1.01. The average molecular weight is 196 g/mol. The number of aliphatic imine (C=N–C) groups is 1. The molecular formula is C12H24N2. The number of nitrogens with zero attached hydrogens (tertiary/aromatic N) is 2. The molecule has 0 aliphatic heterocycles. The molecule has 0 saturated heterocycles. The van der Waals surface area contributed by atoms with Crippen LogP contribution in [-0.2, 0) is 0 Å². The van der Waals surface area contributed by atoms with Crippen molar-refractivity contribution < 1.29 is 0 Å². The smallest absolute Gasteiger partial charge is 0.0516 e. The minimum atomic E-state index is 1.01. The van der Waals surface area contributed by atoms with Crippen molar-refractivity contribution >= 4 is 5.71 Å². The standard InChI is InChI=1S/C12H24N2/c1-3-14(4-2)11-10-13-12-8-6-5-7-9-12/h3-11H2,1-2H3. The highest BCUT2D eigenvalue weighted by molar-refractivity contribution is 5.84. The van der Waals surface area contributed by atoms with E-state index in [0.29, 0.717) is 0 Å². The first-order valence-electron chi connectivity index (χ1n) is 6.11. The fourth-order valence-corrected chi connectivity index (χ4v) is 2.01. The molecule has 0 heterocycles. The van der Waals surface area contributed by atoms with Gasteiger partial charge < -0.3 is 4.90 Å². The second-order valence-corrected chi connectivity index (χ2v) is 4.04. The zero-order valence-corrected chi connectivity index (χ0v) is 9.76. The summed E-state index contributed by atoms with van der Waals surface area (Å²) in [6.45, 7) is 8.89. The molecular weight excluding hydrogens is 172 g/mol. The van der Waals surface area contributed by atoms with Gasteiger partial charge in [0.25, 0.3) is 0 Å². The van der Waals surface area contributed by atoms with E-state index in [2.05, 4.69) is 18.7 Å². The Balaban J connectivity index is 2.17. The van der Waals surface area contributed by atoms with Crippen LogP contribution in [-0.4, -0.2) is 36.8 Å². The summed E-state index contributed by atoms with van der Waals surface area (Å²) in [4.78, 5) is 7.13. The summed E-state index contributed by atoms with van der Waals surface area (Å²) >= 11 is 0. The van der Waals surface area contributed by atoms with Crippen LogP contribution in [0.15, 0.2) is 4.99 Å². The largest absolute Gasteiger partial charge is 0.302 e. The number of hydrogen-bond acceptors (Lipinski definition) is 2. The first kappa shape index (κ1) is 11.7.